The van der Waals surface area contributed by atoms with Gasteiger partial charge in [0.25, 0.3) is 5.91 Å². The number of benzene rings is 2. The Hall–Kier alpha value is -3.80. The lowest BCUT2D eigenvalue weighted by Crippen LogP contribution is -2.32. The first-order valence-corrected chi connectivity index (χ1v) is 9.73. The third-order valence-electron chi connectivity index (χ3n) is 5.30. The third-order valence-corrected chi connectivity index (χ3v) is 5.30. The summed E-state index contributed by atoms with van der Waals surface area (Å²) >= 11 is 0. The van der Waals surface area contributed by atoms with Crippen molar-refractivity contribution in [1.82, 2.24) is 9.88 Å². The highest BCUT2D eigenvalue weighted by molar-refractivity contribution is 5.94. The Labute approximate surface area is 173 Å². The quantitative estimate of drug-likeness (QED) is 0.505. The van der Waals surface area contributed by atoms with Crippen molar-refractivity contribution in [3.63, 3.8) is 0 Å². The van der Waals surface area contributed by atoms with Crippen LogP contribution in [0.4, 0.5) is 0 Å². The Balaban J connectivity index is 1.56. The number of ether oxygens (including phenoxy) is 2. The number of fused-ring (bicyclic) bond motifs is 2. The summed E-state index contributed by atoms with van der Waals surface area (Å²) < 4.78 is 16.7. The van der Waals surface area contributed by atoms with Crippen molar-refractivity contribution >= 4 is 16.8 Å². The van der Waals surface area contributed by atoms with Gasteiger partial charge in [-0.1, -0.05) is 18.2 Å². The Morgan fingerprint density at radius 1 is 1.13 bits per heavy atom. The summed E-state index contributed by atoms with van der Waals surface area (Å²) in [5.41, 5.74) is 4.31. The van der Waals surface area contributed by atoms with Crippen LogP contribution >= 0.6 is 0 Å². The Morgan fingerprint density at radius 3 is 2.87 bits per heavy atom. The highest BCUT2D eigenvalue weighted by Crippen LogP contribution is 2.38. The molecule has 0 saturated carbocycles. The zero-order chi connectivity index (χ0) is 20.5. The fraction of sp³-hybridized carbons (Fsp3) is 0.167. The van der Waals surface area contributed by atoms with Crippen molar-refractivity contribution in [2.24, 2.45) is 0 Å². The molecule has 2 aromatic carbocycles. The van der Waals surface area contributed by atoms with Gasteiger partial charge in [0.1, 0.15) is 12.9 Å². The van der Waals surface area contributed by atoms with Gasteiger partial charge in [-0.2, -0.15) is 0 Å². The summed E-state index contributed by atoms with van der Waals surface area (Å²) in [6.45, 7) is 1.29. The largest absolute Gasteiger partial charge is 0.493 e. The monoisotopic (exact) mass is 400 g/mol. The van der Waals surface area contributed by atoms with Crippen LogP contribution in [0.5, 0.6) is 11.5 Å². The lowest BCUT2D eigenvalue weighted by molar-refractivity contribution is 0.0732. The molecule has 2 aromatic heterocycles. The third kappa shape index (κ3) is 3.26. The van der Waals surface area contributed by atoms with Crippen molar-refractivity contribution in [2.45, 2.75) is 6.54 Å². The van der Waals surface area contributed by atoms with E-state index in [0.29, 0.717) is 36.8 Å². The van der Waals surface area contributed by atoms with Crippen LogP contribution in [0.3, 0.4) is 0 Å². The van der Waals surface area contributed by atoms with E-state index in [1.54, 1.807) is 18.1 Å². The predicted octanol–water partition coefficient (Wildman–Crippen LogP) is 4.54. The van der Waals surface area contributed by atoms with Crippen LogP contribution in [0.15, 0.2) is 71.7 Å². The molecule has 4 aromatic rings. The molecule has 1 aliphatic rings. The van der Waals surface area contributed by atoms with Gasteiger partial charge in [0.05, 0.1) is 31.0 Å². The van der Waals surface area contributed by atoms with Crippen molar-refractivity contribution in [2.75, 3.05) is 20.3 Å². The first kappa shape index (κ1) is 18.2. The summed E-state index contributed by atoms with van der Waals surface area (Å²) in [7, 11) is 1.63. The predicted molar refractivity (Wildman–Crippen MR) is 113 cm³/mol. The van der Waals surface area contributed by atoms with Crippen LogP contribution in [-0.2, 0) is 6.54 Å². The molecule has 6 heteroatoms. The first-order chi connectivity index (χ1) is 14.7. The number of carbonyl (C=O) groups is 1. The number of pyridine rings is 1. The van der Waals surface area contributed by atoms with Gasteiger partial charge in [0.2, 0.25) is 0 Å². The molecule has 0 unspecified atom stereocenters. The number of carbonyl (C=O) groups excluding carboxylic acids is 1. The molecule has 0 aliphatic carbocycles. The molecule has 0 fully saturated rings. The molecular formula is C24H20N2O4. The van der Waals surface area contributed by atoms with E-state index in [-0.39, 0.29) is 5.91 Å². The molecule has 0 atom stereocenters. The molecule has 150 valence electrons. The molecule has 1 aliphatic heterocycles. The smallest absolute Gasteiger partial charge is 0.257 e. The molecule has 0 saturated heterocycles. The van der Waals surface area contributed by atoms with Crippen LogP contribution < -0.4 is 9.47 Å². The van der Waals surface area contributed by atoms with E-state index in [1.807, 2.05) is 42.6 Å². The number of aromatic nitrogens is 1. The number of hydrogen-bond donors (Lipinski definition) is 0. The number of amides is 1. The van der Waals surface area contributed by atoms with E-state index >= 15 is 0 Å². The number of methoxy groups -OCH3 is 1. The number of rotatable bonds is 3. The molecule has 0 bridgehead atoms. The van der Waals surface area contributed by atoms with Crippen LogP contribution in [-0.4, -0.2) is 36.1 Å². The second-order valence-electron chi connectivity index (χ2n) is 7.17. The first-order valence-electron chi connectivity index (χ1n) is 9.73. The average molecular weight is 400 g/mol. The summed E-state index contributed by atoms with van der Waals surface area (Å²) in [6.07, 6.45) is 4.82. The van der Waals surface area contributed by atoms with Crippen molar-refractivity contribution in [3.8, 4) is 22.6 Å². The molecule has 3 heterocycles. The molecule has 30 heavy (non-hydrogen) atoms. The van der Waals surface area contributed by atoms with E-state index in [1.165, 1.54) is 12.5 Å². The molecule has 5 rings (SSSR count). The molecule has 1 amide bonds. The molecular weight excluding hydrogens is 380 g/mol. The average Bonchev–Trinajstić information content (AvgIpc) is 3.24. The summed E-state index contributed by atoms with van der Waals surface area (Å²) in [5, 5.41) is 1.07. The second-order valence-corrected chi connectivity index (χ2v) is 7.17. The Bertz CT molecular complexity index is 1220. The van der Waals surface area contributed by atoms with E-state index in [0.717, 1.165) is 27.6 Å². The minimum atomic E-state index is -0.0862. The Morgan fingerprint density at radius 2 is 2.03 bits per heavy atom. The maximum Gasteiger partial charge on any atom is 0.257 e. The highest BCUT2D eigenvalue weighted by atomic mass is 16.5. The van der Waals surface area contributed by atoms with Crippen LogP contribution in [0.25, 0.3) is 22.0 Å². The second kappa shape index (κ2) is 7.55. The van der Waals surface area contributed by atoms with E-state index in [2.05, 4.69) is 11.1 Å². The maximum atomic E-state index is 12.8. The fourth-order valence-corrected chi connectivity index (χ4v) is 3.77. The standard InChI is InChI=1S/C24H20N2O4/c1-28-22-12-18(19-10-16-4-2-3-5-21(16)25-13-19)11-20-14-26(7-9-30-23(20)22)24(27)17-6-8-29-15-17/h2-6,8,10-13,15H,7,9,14H2,1H3. The fourth-order valence-electron chi connectivity index (χ4n) is 3.77. The van der Waals surface area contributed by atoms with Gasteiger partial charge in [-0.3, -0.25) is 9.78 Å². The van der Waals surface area contributed by atoms with Gasteiger partial charge in [-0.15, -0.1) is 0 Å². The van der Waals surface area contributed by atoms with Gasteiger partial charge >= 0.3 is 0 Å². The number of nitrogens with zero attached hydrogens (tertiary/aromatic N) is 2. The van der Waals surface area contributed by atoms with Gasteiger partial charge in [0, 0.05) is 29.3 Å². The van der Waals surface area contributed by atoms with E-state index in [4.69, 9.17) is 13.9 Å². The molecule has 6 nitrogen and oxygen atoms in total. The minimum absolute atomic E-state index is 0.0862. The summed E-state index contributed by atoms with van der Waals surface area (Å²) in [6, 6.07) is 15.8. The minimum Gasteiger partial charge on any atom is -0.493 e. The molecule has 0 spiro atoms. The highest BCUT2D eigenvalue weighted by Gasteiger charge is 2.24. The molecule has 0 radical (unpaired) electrons. The summed E-state index contributed by atoms with van der Waals surface area (Å²) in [4.78, 5) is 19.2. The van der Waals surface area contributed by atoms with Crippen molar-refractivity contribution in [1.29, 1.82) is 0 Å². The van der Waals surface area contributed by atoms with E-state index < -0.39 is 0 Å². The Kier molecular flexibility index (Phi) is 4.59. The van der Waals surface area contributed by atoms with Crippen LogP contribution in [0.2, 0.25) is 0 Å². The lowest BCUT2D eigenvalue weighted by Gasteiger charge is -2.19. The SMILES string of the molecule is COc1cc(-c2cnc3ccccc3c2)cc2c1OCCN(C(=O)c1ccoc1)C2. The number of para-hydroxylation sites is 1. The topological polar surface area (TPSA) is 64.8 Å². The normalized spacial score (nSPS) is 13.4. The van der Waals surface area contributed by atoms with Crippen molar-refractivity contribution in [3.05, 3.63) is 78.4 Å². The lowest BCUT2D eigenvalue weighted by atomic mass is 10.0. The van der Waals surface area contributed by atoms with Crippen LogP contribution in [0.1, 0.15) is 15.9 Å². The van der Waals surface area contributed by atoms with E-state index in [9.17, 15) is 4.79 Å². The molecule has 0 N–H and O–H groups in total. The summed E-state index contributed by atoms with van der Waals surface area (Å²) in [5.74, 6) is 1.24. The van der Waals surface area contributed by atoms with Gasteiger partial charge in [-0.05, 0) is 35.9 Å². The van der Waals surface area contributed by atoms with Crippen molar-refractivity contribution < 1.29 is 18.7 Å². The van der Waals surface area contributed by atoms with Gasteiger partial charge < -0.3 is 18.8 Å². The number of hydrogen-bond acceptors (Lipinski definition) is 5. The zero-order valence-electron chi connectivity index (χ0n) is 16.5. The van der Waals surface area contributed by atoms with Gasteiger partial charge in [0.15, 0.2) is 11.5 Å². The maximum absolute atomic E-state index is 12.8. The number of furan rings is 1. The van der Waals surface area contributed by atoms with Gasteiger partial charge in [-0.25, -0.2) is 0 Å². The zero-order valence-corrected chi connectivity index (χ0v) is 16.5. The van der Waals surface area contributed by atoms with Crippen LogP contribution in [0, 0.1) is 0 Å².